The molecule has 0 bridgehead atoms. The Hall–Kier alpha value is -0.0500. The fourth-order valence-electron chi connectivity index (χ4n) is 4.41. The van der Waals surface area contributed by atoms with Crippen molar-refractivity contribution >= 4 is 11.8 Å². The Morgan fingerprint density at radius 1 is 0.647 bits per heavy atom. The van der Waals surface area contributed by atoms with Crippen molar-refractivity contribution in [2.75, 3.05) is 32.2 Å². The molecule has 0 spiro atoms. The maximum absolute atomic E-state index is 10.7. The fourth-order valence-corrected chi connectivity index (χ4v) is 5.59. The van der Waals surface area contributed by atoms with Crippen LogP contribution in [0.2, 0.25) is 0 Å². The Bertz CT molecular complexity index is 540. The molecular weight excluding hydrogens is 468 g/mol. The van der Waals surface area contributed by atoms with E-state index in [9.17, 15) is 35.7 Å². The summed E-state index contributed by atoms with van der Waals surface area (Å²) in [5.74, 6) is 0.0823. The molecule has 2 rings (SSSR count). The molecule has 0 aromatic rings. The van der Waals surface area contributed by atoms with Crippen molar-refractivity contribution < 1.29 is 50.0 Å². The van der Waals surface area contributed by atoms with Crippen molar-refractivity contribution in [1.29, 1.82) is 0 Å². The summed E-state index contributed by atoms with van der Waals surface area (Å²) < 4.78 is 16.8. The lowest BCUT2D eigenvalue weighted by molar-refractivity contribution is -0.243. The van der Waals surface area contributed by atoms with Crippen LogP contribution in [0.15, 0.2) is 0 Å². The van der Waals surface area contributed by atoms with E-state index in [1.807, 2.05) is 0 Å². The molecule has 2 fully saturated rings. The third-order valence-corrected chi connectivity index (χ3v) is 7.89. The Balaban J connectivity index is 1.76. The van der Waals surface area contributed by atoms with Crippen LogP contribution in [0.4, 0.5) is 0 Å². The van der Waals surface area contributed by atoms with Crippen LogP contribution in [0.3, 0.4) is 0 Å². The Labute approximate surface area is 206 Å². The van der Waals surface area contributed by atoms with Crippen LogP contribution in [0, 0.1) is 5.92 Å². The normalized spacial score (nSPS) is 38.8. The number of thioether (sulfide) groups is 1. The van der Waals surface area contributed by atoms with Gasteiger partial charge in [-0.25, -0.2) is 0 Å². The number of unbranched alkanes of at least 4 members (excludes halogenated alkanes) is 6. The maximum Gasteiger partial charge on any atom is 0.132 e. The first-order valence-corrected chi connectivity index (χ1v) is 13.5. The van der Waals surface area contributed by atoms with E-state index in [1.54, 1.807) is 0 Å². The van der Waals surface area contributed by atoms with Crippen molar-refractivity contribution in [2.45, 2.75) is 106 Å². The van der Waals surface area contributed by atoms with Gasteiger partial charge in [-0.1, -0.05) is 45.4 Å². The fraction of sp³-hybridized carbons (Fsp3) is 1.00. The van der Waals surface area contributed by atoms with Gasteiger partial charge >= 0.3 is 0 Å². The van der Waals surface area contributed by atoms with Crippen LogP contribution in [0.1, 0.15) is 51.9 Å². The zero-order chi connectivity index (χ0) is 25.1. The molecule has 202 valence electrons. The van der Waals surface area contributed by atoms with Gasteiger partial charge in [0.1, 0.15) is 42.1 Å². The average Bonchev–Trinajstić information content (AvgIpc) is 2.84. The Kier molecular flexibility index (Phi) is 14.1. The third-order valence-electron chi connectivity index (χ3n) is 6.65. The summed E-state index contributed by atoms with van der Waals surface area (Å²) in [4.78, 5) is 0. The van der Waals surface area contributed by atoms with Crippen molar-refractivity contribution in [3.63, 3.8) is 0 Å². The second kappa shape index (κ2) is 15.9. The number of aliphatic hydroxyl groups excluding tert-OH is 7. The van der Waals surface area contributed by atoms with Gasteiger partial charge in [-0.2, -0.15) is 0 Å². The molecule has 0 aliphatic carbocycles. The van der Waals surface area contributed by atoms with Gasteiger partial charge in [0.05, 0.1) is 38.6 Å². The SMILES string of the molecule is CCCCCCCCCS[C@@H]1OC(CO)[C@@H](COC[C@H]2OC(CO)[C@@H](O)C(O)[C@@H]2O)C(O)[C@@H]1O. The summed E-state index contributed by atoms with van der Waals surface area (Å²) >= 11 is 1.44. The highest BCUT2D eigenvalue weighted by Crippen LogP contribution is 2.33. The third kappa shape index (κ3) is 8.52. The molecule has 34 heavy (non-hydrogen) atoms. The van der Waals surface area contributed by atoms with Crippen LogP contribution in [-0.4, -0.2) is 122 Å². The van der Waals surface area contributed by atoms with Crippen LogP contribution in [0.5, 0.6) is 0 Å². The van der Waals surface area contributed by atoms with E-state index in [0.29, 0.717) is 0 Å². The van der Waals surface area contributed by atoms with Crippen molar-refractivity contribution in [3.8, 4) is 0 Å². The van der Waals surface area contributed by atoms with Crippen molar-refractivity contribution in [2.24, 2.45) is 5.92 Å². The minimum Gasteiger partial charge on any atom is -0.394 e. The highest BCUT2D eigenvalue weighted by molar-refractivity contribution is 7.99. The zero-order valence-corrected chi connectivity index (χ0v) is 20.8. The molecule has 4 unspecified atom stereocenters. The first-order valence-electron chi connectivity index (χ1n) is 12.5. The highest BCUT2D eigenvalue weighted by Gasteiger charge is 2.46. The quantitative estimate of drug-likeness (QED) is 0.140. The van der Waals surface area contributed by atoms with E-state index < -0.39 is 66.8 Å². The lowest BCUT2D eigenvalue weighted by Gasteiger charge is -2.43. The van der Waals surface area contributed by atoms with E-state index in [4.69, 9.17) is 14.2 Å². The second-order valence-corrected chi connectivity index (χ2v) is 10.5. The predicted molar refractivity (Wildman–Crippen MR) is 126 cm³/mol. The lowest BCUT2D eigenvalue weighted by Crippen LogP contribution is -2.60. The van der Waals surface area contributed by atoms with Crippen molar-refractivity contribution in [3.05, 3.63) is 0 Å². The molecule has 0 aromatic carbocycles. The van der Waals surface area contributed by atoms with Crippen LogP contribution >= 0.6 is 11.8 Å². The molecule has 0 radical (unpaired) electrons. The molecule has 10 nitrogen and oxygen atoms in total. The molecule has 0 amide bonds. The van der Waals surface area contributed by atoms with Crippen LogP contribution in [0.25, 0.3) is 0 Å². The standard InChI is InChI=1S/C23H44O10S/c1-2-3-4-5-6-7-8-9-34-23-22(30)18(26)14(15(10-24)33-23)12-31-13-17-20(28)21(29)19(27)16(11-25)32-17/h14-30H,2-13H2,1H3/t14-,15?,16?,17-,18?,19-,20-,21?,22+,23+/m1/s1. The molecular formula is C23H44O10S. The van der Waals surface area contributed by atoms with Crippen LogP contribution in [-0.2, 0) is 14.2 Å². The summed E-state index contributed by atoms with van der Waals surface area (Å²) in [7, 11) is 0. The molecule has 0 saturated carbocycles. The summed E-state index contributed by atoms with van der Waals surface area (Å²) in [5, 5.41) is 70.1. The van der Waals surface area contributed by atoms with E-state index in [-0.39, 0.29) is 19.8 Å². The monoisotopic (exact) mass is 512 g/mol. The minimum absolute atomic E-state index is 0.0897. The number of hydrogen-bond donors (Lipinski definition) is 7. The van der Waals surface area contributed by atoms with Gasteiger partial charge in [-0.3, -0.25) is 0 Å². The number of rotatable bonds is 15. The first-order chi connectivity index (χ1) is 16.3. The van der Waals surface area contributed by atoms with E-state index in [0.717, 1.165) is 18.6 Å². The van der Waals surface area contributed by atoms with E-state index in [1.165, 1.54) is 43.9 Å². The number of ether oxygens (including phenoxy) is 3. The lowest BCUT2D eigenvalue weighted by atomic mass is 9.90. The van der Waals surface area contributed by atoms with Gasteiger partial charge in [-0.15, -0.1) is 11.8 Å². The van der Waals surface area contributed by atoms with Gasteiger partial charge in [-0.05, 0) is 12.2 Å². The number of aliphatic hydroxyl groups is 7. The highest BCUT2D eigenvalue weighted by atomic mass is 32.2. The van der Waals surface area contributed by atoms with E-state index >= 15 is 0 Å². The molecule has 0 aromatic heterocycles. The van der Waals surface area contributed by atoms with Crippen molar-refractivity contribution in [1.82, 2.24) is 0 Å². The molecule has 11 heteroatoms. The molecule has 2 heterocycles. The van der Waals surface area contributed by atoms with Gasteiger partial charge in [0, 0.05) is 5.92 Å². The van der Waals surface area contributed by atoms with Gasteiger partial charge in [0.15, 0.2) is 0 Å². The molecule has 2 aliphatic rings. The van der Waals surface area contributed by atoms with Gasteiger partial charge in [0.25, 0.3) is 0 Å². The van der Waals surface area contributed by atoms with Crippen LogP contribution < -0.4 is 0 Å². The maximum atomic E-state index is 10.7. The number of hydrogen-bond acceptors (Lipinski definition) is 11. The zero-order valence-electron chi connectivity index (χ0n) is 20.0. The summed E-state index contributed by atoms with van der Waals surface area (Å²) in [6, 6.07) is 0. The summed E-state index contributed by atoms with van der Waals surface area (Å²) in [6.45, 7) is 1.03. The smallest absolute Gasteiger partial charge is 0.132 e. The predicted octanol–water partition coefficient (Wildman–Crippen LogP) is -0.616. The average molecular weight is 513 g/mol. The minimum atomic E-state index is -1.50. The molecule has 2 saturated heterocycles. The summed E-state index contributed by atoms with van der Waals surface area (Å²) in [6.07, 6.45) is -1.17. The molecule has 10 atom stereocenters. The van der Waals surface area contributed by atoms with Gasteiger partial charge < -0.3 is 50.0 Å². The summed E-state index contributed by atoms with van der Waals surface area (Å²) in [5.41, 5.74) is -0.645. The largest absolute Gasteiger partial charge is 0.394 e. The molecule has 2 aliphatic heterocycles. The Morgan fingerprint density at radius 3 is 1.91 bits per heavy atom. The topological polar surface area (TPSA) is 169 Å². The second-order valence-electron chi connectivity index (χ2n) is 9.27. The van der Waals surface area contributed by atoms with Gasteiger partial charge in [0.2, 0.25) is 0 Å². The molecule has 7 N–H and O–H groups in total. The Morgan fingerprint density at radius 2 is 1.26 bits per heavy atom. The first kappa shape index (κ1) is 30.2. The van der Waals surface area contributed by atoms with E-state index in [2.05, 4.69) is 6.92 Å².